The van der Waals surface area contributed by atoms with Crippen molar-refractivity contribution in [3.63, 3.8) is 0 Å². The molecule has 1 aliphatic carbocycles. The Kier molecular flexibility index (Phi) is 16.3. The Bertz CT molecular complexity index is 1250. The molecule has 14 nitrogen and oxygen atoms in total. The topological polar surface area (TPSA) is 176 Å². The fraction of sp³-hybridized carbons (Fsp3) is 0.694. The molecule has 5 N–H and O–H groups in total. The summed E-state index contributed by atoms with van der Waals surface area (Å²) in [6.45, 7) is 8.40. The molecule has 1 aliphatic heterocycles. The van der Waals surface area contributed by atoms with Crippen LogP contribution >= 0.6 is 0 Å². The SMILES string of the molecule is COC(=O)N[C@H](C(=O)NN(CC1CCCCC1)C[C@H](CCc1ccccc1)NC(=O)[C@](NC(=O)OC)(OC(=O)C1CCCN1)C(C)C)C(C)C. The Balaban J connectivity index is 1.95. The van der Waals surface area contributed by atoms with E-state index in [1.807, 2.05) is 49.2 Å². The quantitative estimate of drug-likeness (QED) is 0.0700. The summed E-state index contributed by atoms with van der Waals surface area (Å²) >= 11 is 0. The summed E-state index contributed by atoms with van der Waals surface area (Å²) in [7, 11) is 2.42. The third-order valence-electron chi connectivity index (χ3n) is 9.51. The molecule has 50 heavy (non-hydrogen) atoms. The second-order valence-corrected chi connectivity index (χ2v) is 14.0. The third-order valence-corrected chi connectivity index (χ3v) is 9.51. The van der Waals surface area contributed by atoms with Crippen LogP contribution in [0.2, 0.25) is 0 Å². The fourth-order valence-corrected chi connectivity index (χ4v) is 6.52. The average molecular weight is 703 g/mol. The Morgan fingerprint density at radius 2 is 1.58 bits per heavy atom. The number of alkyl carbamates (subject to hydrolysis) is 2. The van der Waals surface area contributed by atoms with E-state index in [4.69, 9.17) is 14.2 Å². The molecule has 3 rings (SSSR count). The Labute approximate surface area is 296 Å². The minimum Gasteiger partial charge on any atom is -0.453 e. The van der Waals surface area contributed by atoms with Gasteiger partial charge in [0, 0.05) is 25.0 Å². The molecule has 1 unspecified atom stereocenters. The molecule has 4 atom stereocenters. The van der Waals surface area contributed by atoms with E-state index in [1.54, 1.807) is 13.8 Å². The summed E-state index contributed by atoms with van der Waals surface area (Å²) in [4.78, 5) is 66.2. The van der Waals surface area contributed by atoms with E-state index in [0.717, 1.165) is 44.1 Å². The highest BCUT2D eigenvalue weighted by Crippen LogP contribution is 2.26. The molecule has 280 valence electrons. The molecule has 14 heteroatoms. The van der Waals surface area contributed by atoms with Crippen LogP contribution < -0.4 is 26.7 Å². The number of nitrogens with zero attached hydrogens (tertiary/aromatic N) is 1. The first-order chi connectivity index (χ1) is 23.9. The summed E-state index contributed by atoms with van der Waals surface area (Å²) in [5, 5.41) is 13.2. The van der Waals surface area contributed by atoms with Gasteiger partial charge in [-0.2, -0.15) is 0 Å². The van der Waals surface area contributed by atoms with Crippen LogP contribution in [0.5, 0.6) is 0 Å². The predicted molar refractivity (Wildman–Crippen MR) is 187 cm³/mol. The number of nitrogens with one attached hydrogen (secondary N) is 5. The predicted octanol–water partition coefficient (Wildman–Crippen LogP) is 3.40. The lowest BCUT2D eigenvalue weighted by atomic mass is 9.89. The van der Waals surface area contributed by atoms with Gasteiger partial charge in [-0.3, -0.25) is 25.1 Å². The summed E-state index contributed by atoms with van der Waals surface area (Å²) in [5.74, 6) is -2.37. The molecule has 2 fully saturated rings. The number of aryl methyl sites for hydroxylation is 1. The first kappa shape index (κ1) is 40.5. The standard InChI is InChI=1S/C36H58N6O8/c1-24(2)30(39-34(46)48-5)31(43)41-42(22-27-16-11-8-12-17-27)23-28(20-19-26-14-9-7-10-15-26)38-33(45)36(25(3)4,40-35(47)49-6)50-32(44)29-18-13-21-37-29/h7,9-10,14-15,24-25,27-30,37H,8,11-13,16-23H2,1-6H3,(H,38,45)(H,39,46)(H,40,47)(H,41,43)/t28-,29?,30-,36+/m0/s1. The van der Waals surface area contributed by atoms with Gasteiger partial charge in [-0.1, -0.05) is 77.3 Å². The fourth-order valence-electron chi connectivity index (χ4n) is 6.52. The maximum Gasteiger partial charge on any atom is 0.410 e. The van der Waals surface area contributed by atoms with Crippen LogP contribution in [-0.4, -0.2) is 92.7 Å². The van der Waals surface area contributed by atoms with Crippen molar-refractivity contribution in [2.24, 2.45) is 17.8 Å². The molecule has 1 aromatic rings. The lowest BCUT2D eigenvalue weighted by Gasteiger charge is -2.38. The largest absolute Gasteiger partial charge is 0.453 e. The van der Waals surface area contributed by atoms with E-state index >= 15 is 0 Å². The van der Waals surface area contributed by atoms with Crippen molar-refractivity contribution in [1.82, 2.24) is 31.7 Å². The van der Waals surface area contributed by atoms with Gasteiger partial charge in [0.2, 0.25) is 0 Å². The molecular formula is C36H58N6O8. The second-order valence-electron chi connectivity index (χ2n) is 14.0. The summed E-state index contributed by atoms with van der Waals surface area (Å²) in [5.41, 5.74) is 2.01. The van der Waals surface area contributed by atoms with Crippen LogP contribution in [0.4, 0.5) is 9.59 Å². The number of carbonyl (C=O) groups is 5. The van der Waals surface area contributed by atoms with Gasteiger partial charge in [0.25, 0.3) is 17.5 Å². The number of rotatable bonds is 17. The highest BCUT2D eigenvalue weighted by atomic mass is 16.6. The van der Waals surface area contributed by atoms with Gasteiger partial charge in [0.05, 0.1) is 14.2 Å². The Hall–Kier alpha value is -3.91. The van der Waals surface area contributed by atoms with Gasteiger partial charge in [0.1, 0.15) is 12.1 Å². The maximum absolute atomic E-state index is 14.4. The molecule has 0 spiro atoms. The van der Waals surface area contributed by atoms with Crippen molar-refractivity contribution in [2.75, 3.05) is 33.9 Å². The highest BCUT2D eigenvalue weighted by Gasteiger charge is 2.49. The van der Waals surface area contributed by atoms with Gasteiger partial charge in [-0.15, -0.1) is 0 Å². The van der Waals surface area contributed by atoms with Crippen molar-refractivity contribution in [3.05, 3.63) is 35.9 Å². The van der Waals surface area contributed by atoms with E-state index in [0.29, 0.717) is 38.3 Å². The van der Waals surface area contributed by atoms with E-state index in [2.05, 4.69) is 26.7 Å². The zero-order chi connectivity index (χ0) is 36.7. The number of esters is 1. The zero-order valence-corrected chi connectivity index (χ0v) is 30.5. The average Bonchev–Trinajstić information content (AvgIpc) is 3.65. The van der Waals surface area contributed by atoms with Gasteiger partial charge in [0.15, 0.2) is 0 Å². The number of hydrogen-bond acceptors (Lipinski definition) is 10. The van der Waals surface area contributed by atoms with E-state index in [1.165, 1.54) is 14.2 Å². The number of hydrazine groups is 1. The van der Waals surface area contributed by atoms with Crippen molar-refractivity contribution >= 4 is 30.0 Å². The molecule has 1 heterocycles. The van der Waals surface area contributed by atoms with E-state index in [9.17, 15) is 24.0 Å². The van der Waals surface area contributed by atoms with Gasteiger partial charge >= 0.3 is 18.2 Å². The number of hydrogen-bond donors (Lipinski definition) is 5. The van der Waals surface area contributed by atoms with Crippen molar-refractivity contribution in [2.45, 2.75) is 109 Å². The lowest BCUT2D eigenvalue weighted by Crippen LogP contribution is -2.67. The van der Waals surface area contributed by atoms with Crippen LogP contribution in [0.1, 0.15) is 84.6 Å². The molecule has 1 saturated heterocycles. The minimum atomic E-state index is -2.08. The van der Waals surface area contributed by atoms with Crippen molar-refractivity contribution in [1.29, 1.82) is 0 Å². The van der Waals surface area contributed by atoms with Crippen LogP contribution in [0, 0.1) is 17.8 Å². The van der Waals surface area contributed by atoms with E-state index in [-0.39, 0.29) is 12.5 Å². The third kappa shape index (κ3) is 12.1. The molecule has 1 aromatic carbocycles. The van der Waals surface area contributed by atoms with Crippen LogP contribution in [-0.2, 0) is 35.0 Å². The van der Waals surface area contributed by atoms with Gasteiger partial charge in [-0.05, 0) is 62.5 Å². The number of amides is 4. The summed E-state index contributed by atoms with van der Waals surface area (Å²) < 4.78 is 15.5. The highest BCUT2D eigenvalue weighted by molar-refractivity contribution is 5.92. The number of carbonyl (C=O) groups excluding carboxylic acids is 5. The monoisotopic (exact) mass is 702 g/mol. The Morgan fingerprint density at radius 1 is 0.900 bits per heavy atom. The number of benzene rings is 1. The minimum absolute atomic E-state index is 0.203. The second kappa shape index (κ2) is 20.1. The normalized spacial score (nSPS) is 18.9. The molecule has 0 bridgehead atoms. The van der Waals surface area contributed by atoms with Crippen LogP contribution in [0.3, 0.4) is 0 Å². The number of ether oxygens (including phenoxy) is 3. The maximum atomic E-state index is 14.4. The molecule has 4 amide bonds. The Morgan fingerprint density at radius 3 is 2.16 bits per heavy atom. The zero-order valence-electron chi connectivity index (χ0n) is 30.5. The summed E-state index contributed by atoms with van der Waals surface area (Å²) in [6, 6.07) is 7.77. The lowest BCUT2D eigenvalue weighted by molar-refractivity contribution is -0.180. The first-order valence-electron chi connectivity index (χ1n) is 18.0. The van der Waals surface area contributed by atoms with Crippen LogP contribution in [0.15, 0.2) is 30.3 Å². The van der Waals surface area contributed by atoms with Crippen molar-refractivity contribution in [3.8, 4) is 0 Å². The number of methoxy groups -OCH3 is 2. The molecule has 0 radical (unpaired) electrons. The van der Waals surface area contributed by atoms with Gasteiger partial charge in [-0.25, -0.2) is 14.6 Å². The van der Waals surface area contributed by atoms with Gasteiger partial charge < -0.3 is 30.2 Å². The van der Waals surface area contributed by atoms with E-state index < -0.39 is 59.7 Å². The van der Waals surface area contributed by atoms with Crippen LogP contribution in [0.25, 0.3) is 0 Å². The molecular weight excluding hydrogens is 644 g/mol. The summed E-state index contributed by atoms with van der Waals surface area (Å²) in [6.07, 6.45) is 6.11. The van der Waals surface area contributed by atoms with Crippen molar-refractivity contribution < 1.29 is 38.2 Å². The first-order valence-corrected chi connectivity index (χ1v) is 18.0. The molecule has 1 saturated carbocycles. The molecule has 2 aliphatic rings. The molecule has 0 aromatic heterocycles. The smallest absolute Gasteiger partial charge is 0.410 e.